The summed E-state index contributed by atoms with van der Waals surface area (Å²) in [7, 11) is 0. The first-order valence-electron chi connectivity index (χ1n) is 6.54. The molecule has 6 nitrogen and oxygen atoms in total. The van der Waals surface area contributed by atoms with Gasteiger partial charge < -0.3 is 10.2 Å². The van der Waals surface area contributed by atoms with E-state index in [1.54, 1.807) is 6.92 Å². The second-order valence-electron chi connectivity index (χ2n) is 4.71. The van der Waals surface area contributed by atoms with E-state index in [9.17, 15) is 23.4 Å². The highest BCUT2D eigenvalue weighted by atomic mass is 35.5. The first-order valence-corrected chi connectivity index (χ1v) is 6.92. The molecule has 2 rings (SSSR count). The molecule has 0 fully saturated rings. The largest absolute Gasteiger partial charge is 0.505 e. The van der Waals surface area contributed by atoms with E-state index in [2.05, 4.69) is 20.5 Å². The molecule has 2 aromatic rings. The number of alkyl halides is 3. The Balaban J connectivity index is 2.23. The molecular weight excluding hydrogens is 349 g/mol. The van der Waals surface area contributed by atoms with Gasteiger partial charge >= 0.3 is 6.18 Å². The first kappa shape index (κ1) is 18.0. The van der Waals surface area contributed by atoms with Gasteiger partial charge in [0.15, 0.2) is 5.82 Å². The molecule has 2 heterocycles. The molecule has 3 N–H and O–H groups in total. The van der Waals surface area contributed by atoms with Crippen LogP contribution in [0.25, 0.3) is 0 Å². The van der Waals surface area contributed by atoms with E-state index in [1.165, 1.54) is 12.4 Å². The summed E-state index contributed by atoms with van der Waals surface area (Å²) in [6, 6.07) is 0.722. The summed E-state index contributed by atoms with van der Waals surface area (Å²) in [4.78, 5) is 7.45. The summed E-state index contributed by atoms with van der Waals surface area (Å²) in [6.45, 7) is 1.19. The minimum atomic E-state index is -4.55. The van der Waals surface area contributed by atoms with Gasteiger partial charge in [0.1, 0.15) is 5.75 Å². The van der Waals surface area contributed by atoms with Crippen molar-refractivity contribution in [2.75, 3.05) is 5.43 Å². The normalized spacial score (nSPS) is 11.9. The Kier molecular flexibility index (Phi) is 5.25. The summed E-state index contributed by atoms with van der Waals surface area (Å²) in [5.74, 6) is -0.254. The fourth-order valence-corrected chi connectivity index (χ4v) is 1.96. The number of hydrogen-bond acceptors (Lipinski definition) is 6. The minimum Gasteiger partial charge on any atom is -0.505 e. The molecular formula is C14H12ClF3N4O2. The number of aromatic nitrogens is 2. The van der Waals surface area contributed by atoms with Crippen molar-refractivity contribution in [3.8, 4) is 5.75 Å². The van der Waals surface area contributed by atoms with Crippen LogP contribution >= 0.6 is 11.6 Å². The van der Waals surface area contributed by atoms with E-state index < -0.39 is 11.7 Å². The number of hydrazone groups is 1. The van der Waals surface area contributed by atoms with Gasteiger partial charge in [-0.05, 0) is 13.0 Å². The van der Waals surface area contributed by atoms with Crippen LogP contribution in [0.15, 0.2) is 23.6 Å². The number of halogens is 4. The summed E-state index contributed by atoms with van der Waals surface area (Å²) < 4.78 is 37.6. The maximum atomic E-state index is 12.5. The van der Waals surface area contributed by atoms with Crippen molar-refractivity contribution < 1.29 is 23.4 Å². The van der Waals surface area contributed by atoms with Crippen molar-refractivity contribution in [3.05, 3.63) is 45.9 Å². The number of aryl methyl sites for hydroxylation is 1. The van der Waals surface area contributed by atoms with Crippen molar-refractivity contribution >= 4 is 23.6 Å². The van der Waals surface area contributed by atoms with E-state index in [-0.39, 0.29) is 28.8 Å². The third-order valence-corrected chi connectivity index (χ3v) is 3.35. The minimum absolute atomic E-state index is 0.0864. The molecule has 0 unspecified atom stereocenters. The van der Waals surface area contributed by atoms with Crippen molar-refractivity contribution in [2.45, 2.75) is 19.7 Å². The standard InChI is InChI=1S/C14H12ClF3N4O2/c1-7-12(24)10(8(6-23)3-19-7)5-21-22-13-11(15)2-9(4-20-13)14(16,17)18/h2-5,23-24H,6H2,1H3,(H,20,22)/b21-5+. The number of aliphatic hydroxyl groups excluding tert-OH is 1. The molecule has 2 aromatic heterocycles. The zero-order valence-corrected chi connectivity index (χ0v) is 13.0. The van der Waals surface area contributed by atoms with Crippen molar-refractivity contribution in [1.29, 1.82) is 0 Å². The van der Waals surface area contributed by atoms with Gasteiger partial charge in [0, 0.05) is 23.5 Å². The SMILES string of the molecule is Cc1ncc(CO)c(/C=N/Nc2ncc(C(F)(F)F)cc2Cl)c1O. The molecule has 0 aliphatic heterocycles. The number of nitrogens with zero attached hydrogens (tertiary/aromatic N) is 3. The van der Waals surface area contributed by atoms with E-state index in [0.29, 0.717) is 17.5 Å². The van der Waals surface area contributed by atoms with Gasteiger partial charge in [0.05, 0.1) is 29.1 Å². The third-order valence-electron chi connectivity index (χ3n) is 3.06. The average Bonchev–Trinajstić information content (AvgIpc) is 2.52. The Bertz CT molecular complexity index is 781. The molecule has 0 aliphatic rings. The van der Waals surface area contributed by atoms with Crippen LogP contribution in [0, 0.1) is 6.92 Å². The molecule has 10 heteroatoms. The highest BCUT2D eigenvalue weighted by Gasteiger charge is 2.31. The van der Waals surface area contributed by atoms with Gasteiger partial charge in [-0.1, -0.05) is 11.6 Å². The highest BCUT2D eigenvalue weighted by Crippen LogP contribution is 2.32. The number of anilines is 1. The zero-order chi connectivity index (χ0) is 17.9. The van der Waals surface area contributed by atoms with Crippen LogP contribution in [0.3, 0.4) is 0 Å². The molecule has 24 heavy (non-hydrogen) atoms. The summed E-state index contributed by atoms with van der Waals surface area (Å²) in [5.41, 5.74) is 2.29. The van der Waals surface area contributed by atoms with Crippen LogP contribution in [0.1, 0.15) is 22.4 Å². The fraction of sp³-hybridized carbons (Fsp3) is 0.214. The number of hydrogen-bond donors (Lipinski definition) is 3. The summed E-state index contributed by atoms with van der Waals surface area (Å²) in [5, 5.41) is 22.7. The van der Waals surface area contributed by atoms with Gasteiger partial charge in [-0.3, -0.25) is 10.4 Å². The van der Waals surface area contributed by atoms with Gasteiger partial charge in [0.25, 0.3) is 0 Å². The topological polar surface area (TPSA) is 90.6 Å². The Morgan fingerprint density at radius 1 is 1.33 bits per heavy atom. The molecule has 128 valence electrons. The Hall–Kier alpha value is -2.39. The van der Waals surface area contributed by atoms with E-state index in [4.69, 9.17) is 11.6 Å². The maximum absolute atomic E-state index is 12.5. The van der Waals surface area contributed by atoms with Gasteiger partial charge in [-0.2, -0.15) is 18.3 Å². The third kappa shape index (κ3) is 3.92. The lowest BCUT2D eigenvalue weighted by Gasteiger charge is -2.09. The molecule has 0 saturated carbocycles. The highest BCUT2D eigenvalue weighted by molar-refractivity contribution is 6.32. The van der Waals surface area contributed by atoms with Crippen molar-refractivity contribution in [3.63, 3.8) is 0 Å². The second kappa shape index (κ2) is 7.02. The molecule has 0 bridgehead atoms. The number of aliphatic hydroxyl groups is 1. The lowest BCUT2D eigenvalue weighted by atomic mass is 10.1. The molecule has 0 amide bonds. The van der Waals surface area contributed by atoms with Crippen LogP contribution in [-0.2, 0) is 12.8 Å². The van der Waals surface area contributed by atoms with Crippen LogP contribution in [-0.4, -0.2) is 26.4 Å². The molecule has 0 aromatic carbocycles. The molecule has 0 spiro atoms. The van der Waals surface area contributed by atoms with E-state index >= 15 is 0 Å². The molecule has 0 saturated heterocycles. The average molecular weight is 361 g/mol. The maximum Gasteiger partial charge on any atom is 0.417 e. The van der Waals surface area contributed by atoms with E-state index in [1.807, 2.05) is 0 Å². The fourth-order valence-electron chi connectivity index (χ4n) is 1.76. The smallest absolute Gasteiger partial charge is 0.417 e. The monoisotopic (exact) mass is 360 g/mol. The summed E-state index contributed by atoms with van der Waals surface area (Å²) in [6.07, 6.45) is -1.36. The lowest BCUT2D eigenvalue weighted by molar-refractivity contribution is -0.137. The number of rotatable bonds is 4. The predicted octanol–water partition coefficient (Wildman–Crippen LogP) is 3.10. The van der Waals surface area contributed by atoms with Gasteiger partial charge in [0.2, 0.25) is 0 Å². The van der Waals surface area contributed by atoms with E-state index in [0.717, 1.165) is 6.07 Å². The number of pyridine rings is 2. The van der Waals surface area contributed by atoms with Gasteiger partial charge in [-0.25, -0.2) is 4.98 Å². The van der Waals surface area contributed by atoms with Crippen molar-refractivity contribution in [2.24, 2.45) is 5.10 Å². The van der Waals surface area contributed by atoms with Crippen molar-refractivity contribution in [1.82, 2.24) is 9.97 Å². The molecule has 0 radical (unpaired) electrons. The Morgan fingerprint density at radius 3 is 2.62 bits per heavy atom. The van der Waals surface area contributed by atoms with Gasteiger partial charge in [-0.15, -0.1) is 0 Å². The quantitative estimate of drug-likeness (QED) is 0.575. The lowest BCUT2D eigenvalue weighted by Crippen LogP contribution is -2.06. The van der Waals surface area contributed by atoms with Crippen LogP contribution in [0.2, 0.25) is 5.02 Å². The molecule has 0 atom stereocenters. The second-order valence-corrected chi connectivity index (χ2v) is 5.12. The number of aromatic hydroxyl groups is 1. The Labute approximate surface area is 139 Å². The number of nitrogens with one attached hydrogen (secondary N) is 1. The summed E-state index contributed by atoms with van der Waals surface area (Å²) >= 11 is 5.73. The molecule has 0 aliphatic carbocycles. The van der Waals surface area contributed by atoms with Crippen LogP contribution in [0.5, 0.6) is 5.75 Å². The Morgan fingerprint density at radius 2 is 2.04 bits per heavy atom. The van der Waals surface area contributed by atoms with Crippen LogP contribution in [0.4, 0.5) is 19.0 Å². The zero-order valence-electron chi connectivity index (χ0n) is 12.3. The predicted molar refractivity (Wildman–Crippen MR) is 82.0 cm³/mol. The van der Waals surface area contributed by atoms with Crippen LogP contribution < -0.4 is 5.43 Å². The first-order chi connectivity index (χ1) is 11.2.